The van der Waals surface area contributed by atoms with Gasteiger partial charge < -0.3 is 0 Å². The normalized spacial score (nSPS) is 20.7. The summed E-state index contributed by atoms with van der Waals surface area (Å²) in [6.45, 7) is 4.62. The van der Waals surface area contributed by atoms with Crippen molar-refractivity contribution in [2.24, 2.45) is 11.8 Å². The van der Waals surface area contributed by atoms with Crippen LogP contribution >= 0.6 is 0 Å². The number of hydrogen-bond donors (Lipinski definition) is 0. The first-order valence-electron chi connectivity index (χ1n) is 23.3. The van der Waals surface area contributed by atoms with E-state index in [1.807, 2.05) is 0 Å². The monoisotopic (exact) mass is 711 g/mol. The Kier molecular flexibility index (Phi) is 22.1. The molecule has 52 heavy (non-hydrogen) atoms. The third-order valence-corrected chi connectivity index (χ3v) is 13.4. The van der Waals surface area contributed by atoms with Crippen LogP contribution in [0.15, 0.2) is 48.5 Å². The zero-order valence-electron chi connectivity index (χ0n) is 34.5. The molecule has 2 aliphatic carbocycles. The summed E-state index contributed by atoms with van der Waals surface area (Å²) in [5.41, 5.74) is 6.15. The summed E-state index contributed by atoms with van der Waals surface area (Å²) < 4.78 is 0. The second-order valence-electron chi connectivity index (χ2n) is 17.7. The summed E-state index contributed by atoms with van der Waals surface area (Å²) in [6, 6.07) is 19.3. The molecule has 4 rings (SSSR count). The van der Waals surface area contributed by atoms with E-state index in [2.05, 4.69) is 62.4 Å². The van der Waals surface area contributed by atoms with Crippen LogP contribution in [0.3, 0.4) is 0 Å². The largest absolute Gasteiger partial charge is 0.300 e. The van der Waals surface area contributed by atoms with E-state index >= 15 is 0 Å². The lowest BCUT2D eigenvalue weighted by Gasteiger charge is -2.29. The summed E-state index contributed by atoms with van der Waals surface area (Å²) in [6.07, 6.45) is 42.0. The van der Waals surface area contributed by atoms with Gasteiger partial charge in [-0.05, 0) is 136 Å². The highest BCUT2D eigenvalue weighted by Crippen LogP contribution is 2.39. The molecule has 0 bridgehead atoms. The van der Waals surface area contributed by atoms with Gasteiger partial charge in [-0.2, -0.15) is 0 Å². The molecule has 2 saturated carbocycles. The Hall–Kier alpha value is -1.89. The van der Waals surface area contributed by atoms with Gasteiger partial charge in [0.2, 0.25) is 0 Å². The van der Waals surface area contributed by atoms with Crippen molar-refractivity contribution in [2.75, 3.05) is 0 Å². The van der Waals surface area contributed by atoms with Crippen LogP contribution in [0.5, 0.6) is 0 Å². The van der Waals surface area contributed by atoms with E-state index in [0.717, 1.165) is 49.4 Å². The van der Waals surface area contributed by atoms with Crippen molar-refractivity contribution in [1.29, 1.82) is 0 Å². The molecular weight excluding hydrogens is 629 g/mol. The van der Waals surface area contributed by atoms with Gasteiger partial charge in [0.15, 0.2) is 0 Å². The Balaban J connectivity index is 0.939. The van der Waals surface area contributed by atoms with Crippen LogP contribution in [-0.2, 0) is 17.6 Å². The molecule has 0 aromatic heterocycles. The zero-order chi connectivity index (χ0) is 36.5. The lowest BCUT2D eigenvalue weighted by Crippen LogP contribution is -2.13. The summed E-state index contributed by atoms with van der Waals surface area (Å²) in [4.78, 5) is 12.5. The van der Waals surface area contributed by atoms with Crippen molar-refractivity contribution in [3.05, 3.63) is 70.8 Å². The van der Waals surface area contributed by atoms with Crippen molar-refractivity contribution in [2.45, 2.75) is 231 Å². The molecule has 0 amide bonds. The Bertz CT molecular complexity index is 1050. The van der Waals surface area contributed by atoms with Crippen LogP contribution < -0.4 is 0 Å². The highest BCUT2D eigenvalue weighted by Gasteiger charge is 2.23. The van der Waals surface area contributed by atoms with Crippen molar-refractivity contribution in [3.8, 4) is 0 Å². The first-order valence-corrected chi connectivity index (χ1v) is 23.3. The molecule has 0 radical (unpaired) electrons. The van der Waals surface area contributed by atoms with Gasteiger partial charge in [-0.3, -0.25) is 4.79 Å². The maximum Gasteiger partial charge on any atom is 0.132 e. The maximum atomic E-state index is 12.5. The van der Waals surface area contributed by atoms with Gasteiger partial charge in [0, 0.05) is 12.8 Å². The quantitative estimate of drug-likeness (QED) is 0.0804. The molecule has 0 saturated heterocycles. The molecule has 2 aromatic rings. The number of rotatable bonds is 28. The zero-order valence-corrected chi connectivity index (χ0v) is 34.5. The number of carbonyl (C=O) groups is 1. The van der Waals surface area contributed by atoms with Gasteiger partial charge in [0.05, 0.1) is 0 Å². The highest BCUT2D eigenvalue weighted by atomic mass is 16.1. The predicted molar refractivity (Wildman–Crippen MR) is 228 cm³/mol. The summed E-state index contributed by atoms with van der Waals surface area (Å²) >= 11 is 0. The minimum absolute atomic E-state index is 0.494. The summed E-state index contributed by atoms with van der Waals surface area (Å²) in [5.74, 6) is 4.06. The number of hydrogen-bond acceptors (Lipinski definition) is 1. The van der Waals surface area contributed by atoms with Crippen LogP contribution in [0.4, 0.5) is 0 Å². The summed E-state index contributed by atoms with van der Waals surface area (Å²) in [7, 11) is 0. The number of benzene rings is 2. The van der Waals surface area contributed by atoms with Gasteiger partial charge in [-0.25, -0.2) is 0 Å². The maximum absolute atomic E-state index is 12.5. The third-order valence-electron chi connectivity index (χ3n) is 13.4. The Labute approximate surface area is 323 Å². The Morgan fingerprint density at radius 2 is 0.769 bits per heavy atom. The summed E-state index contributed by atoms with van der Waals surface area (Å²) in [5, 5.41) is 0. The number of aryl methyl sites for hydroxylation is 2. The lowest BCUT2D eigenvalue weighted by molar-refractivity contribution is -0.119. The highest BCUT2D eigenvalue weighted by molar-refractivity contribution is 5.78. The number of Topliss-reactive ketones (excluding diaryl/α,β-unsaturated/α-hetero) is 1. The number of carbonyl (C=O) groups excluding carboxylic acids is 1. The molecule has 292 valence electrons. The molecule has 0 spiro atoms. The van der Waals surface area contributed by atoms with Crippen LogP contribution in [0.1, 0.15) is 241 Å². The topological polar surface area (TPSA) is 17.1 Å². The SMILES string of the molecule is CCCCCCCC1CCC(c2ccc(CCCCCCC(=O)CCCCCCc3ccc(C4CCC(CCCCCCC)CC4)cc3)cc2)CC1. The van der Waals surface area contributed by atoms with Gasteiger partial charge in [-0.1, -0.05) is 165 Å². The Morgan fingerprint density at radius 3 is 1.15 bits per heavy atom. The van der Waals surface area contributed by atoms with E-state index in [-0.39, 0.29) is 0 Å². The molecule has 0 N–H and O–H groups in total. The first-order chi connectivity index (χ1) is 25.6. The van der Waals surface area contributed by atoms with Gasteiger partial charge in [-0.15, -0.1) is 0 Å². The minimum Gasteiger partial charge on any atom is -0.300 e. The van der Waals surface area contributed by atoms with Crippen molar-refractivity contribution in [3.63, 3.8) is 0 Å². The molecule has 0 atom stereocenters. The second-order valence-corrected chi connectivity index (χ2v) is 17.7. The molecule has 2 fully saturated rings. The molecule has 2 aliphatic rings. The minimum atomic E-state index is 0.494. The average Bonchev–Trinajstić information content (AvgIpc) is 3.18. The molecule has 1 nitrogen and oxygen atoms in total. The predicted octanol–water partition coefficient (Wildman–Crippen LogP) is 16.2. The molecule has 1 heteroatoms. The molecule has 2 aromatic carbocycles. The first kappa shape index (κ1) is 42.8. The number of unbranched alkanes of at least 4 members (excludes halogenated alkanes) is 14. The van der Waals surface area contributed by atoms with Crippen LogP contribution in [0, 0.1) is 11.8 Å². The van der Waals surface area contributed by atoms with Crippen LogP contribution in [-0.4, -0.2) is 5.78 Å². The van der Waals surface area contributed by atoms with Crippen LogP contribution in [0.25, 0.3) is 0 Å². The fraction of sp³-hybridized carbons (Fsp3) is 0.745. The van der Waals surface area contributed by atoms with Crippen molar-refractivity contribution >= 4 is 5.78 Å². The fourth-order valence-electron chi connectivity index (χ4n) is 9.69. The van der Waals surface area contributed by atoms with Crippen LogP contribution in [0.2, 0.25) is 0 Å². The van der Waals surface area contributed by atoms with E-state index in [0.29, 0.717) is 5.78 Å². The second kappa shape index (κ2) is 26.8. The number of ketones is 1. The molecular formula is C51H82O. The van der Waals surface area contributed by atoms with E-state index in [4.69, 9.17) is 0 Å². The van der Waals surface area contributed by atoms with E-state index in [1.54, 1.807) is 11.1 Å². The average molecular weight is 711 g/mol. The smallest absolute Gasteiger partial charge is 0.132 e. The van der Waals surface area contributed by atoms with Gasteiger partial charge >= 0.3 is 0 Å². The van der Waals surface area contributed by atoms with Gasteiger partial charge in [0.25, 0.3) is 0 Å². The van der Waals surface area contributed by atoms with E-state index in [1.165, 1.54) is 191 Å². The molecule has 0 aliphatic heterocycles. The Morgan fingerprint density at radius 1 is 0.423 bits per heavy atom. The van der Waals surface area contributed by atoms with Crippen molar-refractivity contribution in [1.82, 2.24) is 0 Å². The van der Waals surface area contributed by atoms with Crippen molar-refractivity contribution < 1.29 is 4.79 Å². The van der Waals surface area contributed by atoms with E-state index < -0.39 is 0 Å². The molecule has 0 heterocycles. The van der Waals surface area contributed by atoms with Gasteiger partial charge in [0.1, 0.15) is 5.78 Å². The third kappa shape index (κ3) is 17.5. The lowest BCUT2D eigenvalue weighted by atomic mass is 9.77. The molecule has 0 unspecified atom stereocenters. The standard InChI is InChI=1S/C51H82O/c1-3-5-7-9-15-21-43-27-35-47(36-28-43)49-39-31-45(32-40-49)23-17-11-13-19-25-51(52)26-20-14-12-18-24-46-33-41-50(42-34-46)48-37-29-44(30-38-48)22-16-10-8-6-4-2/h31-34,39-44,47-48H,3-30,35-38H2,1-2H3. The van der Waals surface area contributed by atoms with E-state index in [9.17, 15) is 4.79 Å². The fourth-order valence-corrected chi connectivity index (χ4v) is 9.69.